The first kappa shape index (κ1) is 15.8. The van der Waals surface area contributed by atoms with Gasteiger partial charge in [0.1, 0.15) is 12.4 Å². The van der Waals surface area contributed by atoms with Gasteiger partial charge in [-0.15, -0.1) is 0 Å². The standard InChI is InChI=1S/C9H8O.Cu.Fe.Ni/c1-2-6-9-8(4-1)5-3-7-10-9;;;/h1-6H,7H2;;;. The summed E-state index contributed by atoms with van der Waals surface area (Å²) in [5.74, 6) is 0.991. The van der Waals surface area contributed by atoms with Crippen LogP contribution in [0.5, 0.6) is 5.75 Å². The zero-order valence-corrected chi connectivity index (χ0v) is 9.58. The Balaban J connectivity index is 0. The molecule has 1 aromatic carbocycles. The average Bonchev–Trinajstić information content (AvgIpc) is 2.05. The van der Waals surface area contributed by atoms with Gasteiger partial charge in [0, 0.05) is 56.2 Å². The predicted octanol–water partition coefficient (Wildman–Crippen LogP) is 2.08. The molecular formula is C9H8CuFeNiO. The van der Waals surface area contributed by atoms with Gasteiger partial charge in [-0.2, -0.15) is 0 Å². The third-order valence-electron chi connectivity index (χ3n) is 1.55. The number of benzene rings is 1. The third-order valence-corrected chi connectivity index (χ3v) is 1.55. The van der Waals surface area contributed by atoms with Gasteiger partial charge in [-0.05, 0) is 12.1 Å². The van der Waals surface area contributed by atoms with Crippen molar-refractivity contribution in [3.8, 4) is 5.75 Å². The second-order valence-electron chi connectivity index (χ2n) is 2.25. The zero-order chi connectivity index (χ0) is 6.81. The largest absolute Gasteiger partial charge is 0.489 e. The first-order valence-electron chi connectivity index (χ1n) is 3.35. The van der Waals surface area contributed by atoms with E-state index in [0.717, 1.165) is 5.75 Å². The quantitative estimate of drug-likeness (QED) is 0.667. The fraction of sp³-hybridized carbons (Fsp3) is 0.111. The van der Waals surface area contributed by atoms with E-state index < -0.39 is 0 Å². The summed E-state index contributed by atoms with van der Waals surface area (Å²) in [6.45, 7) is 0.705. The Morgan fingerprint density at radius 3 is 2.54 bits per heavy atom. The van der Waals surface area contributed by atoms with Crippen LogP contribution in [0.15, 0.2) is 30.3 Å². The van der Waals surface area contributed by atoms with Gasteiger partial charge < -0.3 is 4.74 Å². The van der Waals surface area contributed by atoms with Crippen LogP contribution in [0.4, 0.5) is 0 Å². The Labute approximate surface area is 109 Å². The predicted molar refractivity (Wildman–Crippen MR) is 41.0 cm³/mol. The number of hydrogen-bond donors (Lipinski definition) is 0. The maximum atomic E-state index is 5.34. The van der Waals surface area contributed by atoms with E-state index in [0.29, 0.717) is 6.61 Å². The molecular weight excluding hydrogens is 302 g/mol. The summed E-state index contributed by atoms with van der Waals surface area (Å²) in [5, 5.41) is 0. The van der Waals surface area contributed by atoms with E-state index in [9.17, 15) is 0 Å². The van der Waals surface area contributed by atoms with Crippen molar-refractivity contribution in [1.82, 2.24) is 0 Å². The summed E-state index contributed by atoms with van der Waals surface area (Å²) >= 11 is 0. The minimum atomic E-state index is 0. The van der Waals surface area contributed by atoms with Gasteiger partial charge in [0.15, 0.2) is 0 Å². The van der Waals surface area contributed by atoms with E-state index in [1.54, 1.807) is 0 Å². The van der Waals surface area contributed by atoms with Crippen LogP contribution in [-0.2, 0) is 50.6 Å². The molecule has 1 aromatic rings. The molecule has 0 atom stereocenters. The number of rotatable bonds is 0. The van der Waals surface area contributed by atoms with Gasteiger partial charge in [0.2, 0.25) is 0 Å². The van der Waals surface area contributed by atoms with Crippen LogP contribution in [0.25, 0.3) is 6.08 Å². The van der Waals surface area contributed by atoms with E-state index in [-0.39, 0.29) is 50.6 Å². The Hall–Kier alpha value is 0.292. The summed E-state index contributed by atoms with van der Waals surface area (Å²) < 4.78 is 5.34. The molecule has 0 bridgehead atoms. The van der Waals surface area contributed by atoms with Gasteiger partial charge in [-0.1, -0.05) is 24.3 Å². The smallest absolute Gasteiger partial charge is 0.126 e. The van der Waals surface area contributed by atoms with Crippen LogP contribution in [-0.4, -0.2) is 6.61 Å². The van der Waals surface area contributed by atoms with Gasteiger partial charge >= 0.3 is 0 Å². The average molecular weight is 310 g/mol. The van der Waals surface area contributed by atoms with Crippen molar-refractivity contribution in [2.24, 2.45) is 0 Å². The van der Waals surface area contributed by atoms with Gasteiger partial charge in [-0.25, -0.2) is 0 Å². The SMILES string of the molecule is C1=Cc2ccccc2OC1.[Cu].[Fe].[Ni]. The van der Waals surface area contributed by atoms with Crippen LogP contribution < -0.4 is 4.74 Å². The van der Waals surface area contributed by atoms with Crippen molar-refractivity contribution < 1.29 is 55.4 Å². The number of fused-ring (bicyclic) bond motifs is 1. The van der Waals surface area contributed by atoms with Crippen LogP contribution in [0.2, 0.25) is 0 Å². The van der Waals surface area contributed by atoms with E-state index in [4.69, 9.17) is 4.74 Å². The molecule has 1 aliphatic rings. The van der Waals surface area contributed by atoms with Crippen LogP contribution in [0.3, 0.4) is 0 Å². The molecule has 0 amide bonds. The molecule has 2 rings (SSSR count). The molecule has 0 fully saturated rings. The minimum absolute atomic E-state index is 0. The zero-order valence-electron chi connectivity index (χ0n) is 6.55. The van der Waals surface area contributed by atoms with E-state index in [2.05, 4.69) is 6.08 Å². The summed E-state index contributed by atoms with van der Waals surface area (Å²) in [6.07, 6.45) is 4.10. The summed E-state index contributed by atoms with van der Waals surface area (Å²) in [4.78, 5) is 0. The van der Waals surface area contributed by atoms with Crippen molar-refractivity contribution in [2.45, 2.75) is 0 Å². The Bertz CT molecular complexity index is 278. The number of hydrogen-bond acceptors (Lipinski definition) is 1. The molecule has 13 heavy (non-hydrogen) atoms. The van der Waals surface area contributed by atoms with Crippen molar-refractivity contribution in [3.63, 3.8) is 0 Å². The molecule has 1 nitrogen and oxygen atoms in total. The minimum Gasteiger partial charge on any atom is -0.489 e. The molecule has 0 N–H and O–H groups in total. The first-order valence-corrected chi connectivity index (χ1v) is 3.35. The first-order chi connectivity index (χ1) is 4.97. The molecule has 0 unspecified atom stereocenters. The molecule has 0 saturated heterocycles. The molecule has 1 radical (unpaired) electrons. The number of ether oxygens (including phenoxy) is 1. The second kappa shape index (κ2) is 7.67. The monoisotopic (exact) mass is 309 g/mol. The van der Waals surface area contributed by atoms with Gasteiger partial charge in [0.25, 0.3) is 0 Å². The summed E-state index contributed by atoms with van der Waals surface area (Å²) in [5.41, 5.74) is 1.17. The van der Waals surface area contributed by atoms with Crippen LogP contribution >= 0.6 is 0 Å². The molecule has 0 aliphatic carbocycles. The maximum Gasteiger partial charge on any atom is 0.126 e. The molecule has 79 valence electrons. The summed E-state index contributed by atoms with van der Waals surface area (Å²) in [6, 6.07) is 8.03. The Morgan fingerprint density at radius 1 is 1.15 bits per heavy atom. The Kier molecular flexibility index (Phi) is 9.30. The molecule has 1 aliphatic heterocycles. The maximum absolute atomic E-state index is 5.34. The van der Waals surface area contributed by atoms with Crippen LogP contribution in [0, 0.1) is 0 Å². The van der Waals surface area contributed by atoms with E-state index in [1.165, 1.54) is 5.56 Å². The third kappa shape index (κ3) is 3.89. The summed E-state index contributed by atoms with van der Waals surface area (Å²) in [7, 11) is 0. The fourth-order valence-electron chi connectivity index (χ4n) is 1.06. The molecule has 0 spiro atoms. The van der Waals surface area contributed by atoms with Crippen molar-refractivity contribution in [3.05, 3.63) is 35.9 Å². The molecule has 4 heteroatoms. The van der Waals surface area contributed by atoms with Gasteiger partial charge in [0.05, 0.1) is 0 Å². The van der Waals surface area contributed by atoms with Crippen LogP contribution in [0.1, 0.15) is 5.56 Å². The topological polar surface area (TPSA) is 9.23 Å². The van der Waals surface area contributed by atoms with Crippen molar-refractivity contribution in [2.75, 3.05) is 6.61 Å². The van der Waals surface area contributed by atoms with Crippen molar-refractivity contribution in [1.29, 1.82) is 0 Å². The van der Waals surface area contributed by atoms with Gasteiger partial charge in [-0.3, -0.25) is 0 Å². The molecule has 0 saturated carbocycles. The Morgan fingerprint density at radius 2 is 1.85 bits per heavy atom. The fourth-order valence-corrected chi connectivity index (χ4v) is 1.06. The second-order valence-corrected chi connectivity index (χ2v) is 2.25. The van der Waals surface area contributed by atoms with E-state index in [1.807, 2.05) is 30.3 Å². The van der Waals surface area contributed by atoms with Crippen molar-refractivity contribution >= 4 is 6.08 Å². The number of para-hydroxylation sites is 1. The molecule has 0 aromatic heterocycles. The normalized spacial score (nSPS) is 10.8. The molecule has 1 heterocycles. The van der Waals surface area contributed by atoms with E-state index >= 15 is 0 Å².